The molecule has 0 aliphatic heterocycles. The van der Waals surface area contributed by atoms with Crippen LogP contribution < -0.4 is 5.11 Å². The maximum atomic E-state index is 11.7. The molecule has 1 heteroatoms. The Balaban J connectivity index is 4.41. The highest BCUT2D eigenvalue weighted by molar-refractivity contribution is 5.11. The molecule has 0 atom stereocenters. The molecule has 0 aromatic carbocycles. The van der Waals surface area contributed by atoms with Crippen LogP contribution in [0, 0.1) is 17.3 Å². The Hall–Kier alpha value is -0.590. The summed E-state index contributed by atoms with van der Waals surface area (Å²) in [4.78, 5) is 0. The van der Waals surface area contributed by atoms with Gasteiger partial charge in [-0.3, -0.25) is 0 Å². The Morgan fingerprint density at radius 1 is 1.14 bits per heavy atom. The fraction of sp³-hybridized carbons (Fsp3) is 0.769. The van der Waals surface area contributed by atoms with Gasteiger partial charge in [0.05, 0.1) is 5.76 Å². The fourth-order valence-electron chi connectivity index (χ4n) is 1.02. The average Bonchev–Trinajstić information content (AvgIpc) is 2.02. The predicted molar refractivity (Wildman–Crippen MR) is 60.5 cm³/mol. The third-order valence-corrected chi connectivity index (χ3v) is 2.89. The molecule has 14 heavy (non-hydrogen) atoms. The number of allylic oxidation sites excluding steroid dienone is 2. The van der Waals surface area contributed by atoms with Crippen molar-refractivity contribution in [3.8, 4) is 0 Å². The van der Waals surface area contributed by atoms with Crippen LogP contribution in [-0.2, 0) is 0 Å². The van der Waals surface area contributed by atoms with E-state index in [-0.39, 0.29) is 16.6 Å². The fourth-order valence-corrected chi connectivity index (χ4v) is 1.02. The molecule has 0 aromatic heterocycles. The van der Waals surface area contributed by atoms with E-state index in [1.165, 1.54) is 0 Å². The van der Waals surface area contributed by atoms with Crippen molar-refractivity contribution in [2.45, 2.75) is 54.4 Å². The minimum absolute atomic E-state index is 0.0252. The molecule has 0 unspecified atom stereocenters. The predicted octanol–water partition coefficient (Wildman–Crippen LogP) is 3.31. The SMILES string of the molecule is CCC(C)(C)C=C([O-])[CH+]C(C)(C)CC. The van der Waals surface area contributed by atoms with Gasteiger partial charge in [-0.25, -0.2) is 0 Å². The second-order valence-electron chi connectivity index (χ2n) is 5.38. The summed E-state index contributed by atoms with van der Waals surface area (Å²) in [5.74, 6) is 0.170. The van der Waals surface area contributed by atoms with Gasteiger partial charge in [0.15, 0.2) is 0 Å². The molecule has 0 N–H and O–H groups in total. The molecule has 0 saturated carbocycles. The molecule has 82 valence electrons. The van der Waals surface area contributed by atoms with Crippen molar-refractivity contribution in [2.75, 3.05) is 0 Å². The van der Waals surface area contributed by atoms with Crippen LogP contribution in [0.15, 0.2) is 11.8 Å². The zero-order valence-electron chi connectivity index (χ0n) is 10.5. The van der Waals surface area contributed by atoms with E-state index in [1.807, 2.05) is 12.5 Å². The highest BCUT2D eigenvalue weighted by Gasteiger charge is 2.23. The quantitative estimate of drug-likeness (QED) is 0.488. The molecule has 0 amide bonds. The lowest BCUT2D eigenvalue weighted by molar-refractivity contribution is -0.301. The topological polar surface area (TPSA) is 23.1 Å². The molecular weight excluding hydrogens is 172 g/mol. The molecule has 0 fully saturated rings. The van der Waals surface area contributed by atoms with Gasteiger partial charge in [-0.15, -0.1) is 0 Å². The Morgan fingerprint density at radius 2 is 1.64 bits per heavy atom. The Kier molecular flexibility index (Phi) is 4.57. The van der Waals surface area contributed by atoms with E-state index >= 15 is 0 Å². The van der Waals surface area contributed by atoms with Crippen LogP contribution in [0.25, 0.3) is 0 Å². The lowest BCUT2D eigenvalue weighted by Gasteiger charge is -2.22. The Labute approximate surface area is 89.2 Å². The first-order valence-corrected chi connectivity index (χ1v) is 5.48. The molecule has 0 heterocycles. The Bertz CT molecular complexity index is 199. The molecular formula is C13H24O. The number of hydrogen-bond donors (Lipinski definition) is 0. The molecule has 0 aliphatic carbocycles. The number of hydrogen-bond acceptors (Lipinski definition) is 1. The van der Waals surface area contributed by atoms with Crippen LogP contribution in [0.5, 0.6) is 0 Å². The molecule has 0 aromatic rings. The lowest BCUT2D eigenvalue weighted by atomic mass is 9.83. The van der Waals surface area contributed by atoms with Crippen molar-refractivity contribution in [3.63, 3.8) is 0 Å². The van der Waals surface area contributed by atoms with E-state index < -0.39 is 0 Å². The van der Waals surface area contributed by atoms with Crippen LogP contribution in [0.1, 0.15) is 54.4 Å². The highest BCUT2D eigenvalue weighted by Crippen LogP contribution is 2.29. The summed E-state index contributed by atoms with van der Waals surface area (Å²) in [6.07, 6.45) is 5.67. The zero-order chi connectivity index (χ0) is 11.4. The molecule has 0 bridgehead atoms. The van der Waals surface area contributed by atoms with E-state index in [1.54, 1.807) is 0 Å². The van der Waals surface area contributed by atoms with Gasteiger partial charge in [0.25, 0.3) is 0 Å². The minimum atomic E-state index is 0.0252. The van der Waals surface area contributed by atoms with Crippen LogP contribution in [0.3, 0.4) is 0 Å². The van der Waals surface area contributed by atoms with Crippen LogP contribution in [-0.4, -0.2) is 0 Å². The summed E-state index contributed by atoms with van der Waals surface area (Å²) in [5, 5.41) is 11.7. The van der Waals surface area contributed by atoms with E-state index in [2.05, 4.69) is 41.5 Å². The minimum Gasteiger partial charge on any atom is -0.842 e. The van der Waals surface area contributed by atoms with Gasteiger partial charge in [0.1, 0.15) is 0 Å². The smallest absolute Gasteiger partial charge is 0.0591 e. The van der Waals surface area contributed by atoms with Crippen LogP contribution in [0.4, 0.5) is 0 Å². The average molecular weight is 196 g/mol. The lowest BCUT2D eigenvalue weighted by Crippen LogP contribution is -2.20. The summed E-state index contributed by atoms with van der Waals surface area (Å²) in [6, 6.07) is 0. The van der Waals surface area contributed by atoms with Gasteiger partial charge >= 0.3 is 0 Å². The van der Waals surface area contributed by atoms with E-state index in [4.69, 9.17) is 0 Å². The largest absolute Gasteiger partial charge is 0.842 e. The van der Waals surface area contributed by atoms with E-state index in [0.29, 0.717) is 0 Å². The third-order valence-electron chi connectivity index (χ3n) is 2.89. The van der Waals surface area contributed by atoms with Crippen molar-refractivity contribution < 1.29 is 5.11 Å². The first kappa shape index (κ1) is 13.4. The van der Waals surface area contributed by atoms with Crippen molar-refractivity contribution in [2.24, 2.45) is 10.8 Å². The van der Waals surface area contributed by atoms with Gasteiger partial charge < -0.3 is 5.11 Å². The highest BCUT2D eigenvalue weighted by atomic mass is 16.3. The van der Waals surface area contributed by atoms with Crippen LogP contribution in [0.2, 0.25) is 0 Å². The molecule has 0 radical (unpaired) electrons. The van der Waals surface area contributed by atoms with Gasteiger partial charge in [0, 0.05) is 23.3 Å². The molecule has 0 spiro atoms. The summed E-state index contributed by atoms with van der Waals surface area (Å²) in [6.45, 7) is 12.6. The summed E-state index contributed by atoms with van der Waals surface area (Å²) < 4.78 is 0. The molecule has 0 saturated heterocycles. The summed E-state index contributed by atoms with van der Waals surface area (Å²) >= 11 is 0. The van der Waals surface area contributed by atoms with Crippen molar-refractivity contribution in [1.29, 1.82) is 0 Å². The van der Waals surface area contributed by atoms with Crippen molar-refractivity contribution >= 4 is 0 Å². The third kappa shape index (κ3) is 5.21. The van der Waals surface area contributed by atoms with Gasteiger partial charge in [0.2, 0.25) is 0 Å². The van der Waals surface area contributed by atoms with Crippen LogP contribution >= 0.6 is 0 Å². The second kappa shape index (κ2) is 4.77. The first-order chi connectivity index (χ1) is 6.22. The van der Waals surface area contributed by atoms with Gasteiger partial charge in [-0.2, -0.15) is 0 Å². The van der Waals surface area contributed by atoms with Crippen molar-refractivity contribution in [3.05, 3.63) is 18.3 Å². The van der Waals surface area contributed by atoms with E-state index in [9.17, 15) is 5.11 Å². The molecule has 0 rings (SSSR count). The molecule has 1 nitrogen and oxygen atoms in total. The monoisotopic (exact) mass is 196 g/mol. The summed E-state index contributed by atoms with van der Waals surface area (Å²) in [7, 11) is 0. The van der Waals surface area contributed by atoms with Gasteiger partial charge in [-0.05, 0) is 40.5 Å². The standard InChI is InChI=1S/C13H24O/c1-7-12(3,4)9-11(14)10-13(5,6)8-2/h9-10H,7-8H2,1-6H3. The van der Waals surface area contributed by atoms with Crippen molar-refractivity contribution in [1.82, 2.24) is 0 Å². The number of rotatable bonds is 5. The van der Waals surface area contributed by atoms with E-state index in [0.717, 1.165) is 12.8 Å². The first-order valence-electron chi connectivity index (χ1n) is 5.48. The Morgan fingerprint density at radius 3 is 2.00 bits per heavy atom. The maximum Gasteiger partial charge on any atom is 0.0591 e. The van der Waals surface area contributed by atoms with Gasteiger partial charge in [-0.1, -0.05) is 13.8 Å². The molecule has 0 aliphatic rings. The second-order valence-corrected chi connectivity index (χ2v) is 5.38. The zero-order valence-corrected chi connectivity index (χ0v) is 10.5. The maximum absolute atomic E-state index is 11.7. The summed E-state index contributed by atoms with van der Waals surface area (Å²) in [5.41, 5.74) is 0.0504. The normalized spacial score (nSPS) is 14.3.